The molecule has 5 heterocycles. The summed E-state index contributed by atoms with van der Waals surface area (Å²) in [6, 6.07) is 5.84. The minimum atomic E-state index is -0.0115. The van der Waals surface area contributed by atoms with Gasteiger partial charge in [-0.2, -0.15) is 0 Å². The first-order valence-electron chi connectivity index (χ1n) is 10.5. The van der Waals surface area contributed by atoms with Crippen LogP contribution in [0.2, 0.25) is 0 Å². The molecule has 4 aromatic rings. The highest BCUT2D eigenvalue weighted by molar-refractivity contribution is 7.09. The van der Waals surface area contributed by atoms with Gasteiger partial charge in [-0.25, -0.2) is 15.0 Å². The number of amides is 1. The molecular weight excluding hydrogens is 410 g/mol. The number of aromatic nitrogens is 5. The van der Waals surface area contributed by atoms with Gasteiger partial charge in [-0.05, 0) is 39.1 Å². The fourth-order valence-corrected chi connectivity index (χ4v) is 4.61. The second-order valence-electron chi connectivity index (χ2n) is 7.98. The molecule has 0 aromatic carbocycles. The maximum atomic E-state index is 13.4. The van der Waals surface area contributed by atoms with Gasteiger partial charge < -0.3 is 14.4 Å². The van der Waals surface area contributed by atoms with E-state index in [0.29, 0.717) is 18.1 Å². The first-order chi connectivity index (χ1) is 15.1. The summed E-state index contributed by atoms with van der Waals surface area (Å²) < 4.78 is 3.96. The number of aryl methyl sites for hydroxylation is 1. The topological polar surface area (TPSA) is 71.6 Å². The summed E-state index contributed by atoms with van der Waals surface area (Å²) >= 11 is 1.64. The molecule has 5 rings (SSSR count). The van der Waals surface area contributed by atoms with Gasteiger partial charge in [0.2, 0.25) is 0 Å². The Hall–Kier alpha value is -3.04. The molecule has 0 N–H and O–H groups in total. The van der Waals surface area contributed by atoms with Crippen molar-refractivity contribution in [3.05, 3.63) is 58.7 Å². The van der Waals surface area contributed by atoms with E-state index in [1.807, 2.05) is 51.4 Å². The van der Waals surface area contributed by atoms with E-state index < -0.39 is 0 Å². The third-order valence-corrected chi connectivity index (χ3v) is 6.45. The van der Waals surface area contributed by atoms with Gasteiger partial charge in [-0.1, -0.05) is 6.07 Å². The van der Waals surface area contributed by atoms with Gasteiger partial charge in [-0.15, -0.1) is 11.3 Å². The Bertz CT molecular complexity index is 1220. The van der Waals surface area contributed by atoms with Crippen molar-refractivity contribution in [2.45, 2.75) is 19.9 Å². The molecule has 0 aliphatic carbocycles. The number of hydrogen-bond donors (Lipinski definition) is 0. The van der Waals surface area contributed by atoms with E-state index in [1.54, 1.807) is 17.7 Å². The molecule has 0 saturated carbocycles. The Labute approximate surface area is 184 Å². The zero-order valence-electron chi connectivity index (χ0n) is 17.7. The molecule has 1 aliphatic heterocycles. The number of hydrogen-bond acceptors (Lipinski definition) is 6. The van der Waals surface area contributed by atoms with Crippen LogP contribution in [-0.4, -0.2) is 72.9 Å². The first kappa shape index (κ1) is 19.9. The summed E-state index contributed by atoms with van der Waals surface area (Å²) in [4.78, 5) is 31.4. The molecule has 1 fully saturated rings. The lowest BCUT2D eigenvalue weighted by Gasteiger charge is -2.19. The predicted molar refractivity (Wildman–Crippen MR) is 120 cm³/mol. The van der Waals surface area contributed by atoms with Crippen molar-refractivity contribution in [3.63, 3.8) is 0 Å². The molecule has 8 nitrogen and oxygen atoms in total. The van der Waals surface area contributed by atoms with Crippen LogP contribution in [0.3, 0.4) is 0 Å². The van der Waals surface area contributed by atoms with Crippen molar-refractivity contribution in [1.29, 1.82) is 0 Å². The number of rotatable bonds is 4. The monoisotopic (exact) mass is 435 g/mol. The Kier molecular flexibility index (Phi) is 5.29. The number of likely N-dealkylation sites (N-methyl/N-ethyl adjacent to an activating group) is 1. The maximum absolute atomic E-state index is 13.4. The normalized spacial score (nSPS) is 15.5. The number of nitrogens with zero attached hydrogens (tertiary/aromatic N) is 7. The van der Waals surface area contributed by atoms with Crippen molar-refractivity contribution >= 4 is 22.8 Å². The second-order valence-corrected chi connectivity index (χ2v) is 9.04. The molecular formula is C22H25N7OS. The molecule has 160 valence electrons. The minimum Gasteiger partial charge on any atom is -0.336 e. The van der Waals surface area contributed by atoms with Crippen molar-refractivity contribution < 1.29 is 4.79 Å². The molecule has 0 spiro atoms. The van der Waals surface area contributed by atoms with E-state index in [-0.39, 0.29) is 5.91 Å². The quantitative estimate of drug-likeness (QED) is 0.493. The van der Waals surface area contributed by atoms with Gasteiger partial charge >= 0.3 is 0 Å². The smallest absolute Gasteiger partial charge is 0.274 e. The molecule has 1 saturated heterocycles. The Morgan fingerprint density at radius 1 is 1.16 bits per heavy atom. The standard InChI is InChI=1S/C22H25N7OS/c1-16-24-17(14-31-16)12-27-13-18(23-15-27)21-25-20(19-6-3-4-9-29(19)21)22(30)28-8-5-7-26(2)10-11-28/h3-4,6,9,13-15H,5,7-8,10-12H2,1-2H3. The summed E-state index contributed by atoms with van der Waals surface area (Å²) in [6.45, 7) is 6.03. The van der Waals surface area contributed by atoms with Crippen molar-refractivity contribution in [2.24, 2.45) is 0 Å². The number of fused-ring (bicyclic) bond motifs is 1. The van der Waals surface area contributed by atoms with Gasteiger partial charge in [0.05, 0.1) is 29.1 Å². The zero-order valence-corrected chi connectivity index (χ0v) is 18.5. The highest BCUT2D eigenvalue weighted by Crippen LogP contribution is 2.23. The van der Waals surface area contributed by atoms with Crippen LogP contribution in [-0.2, 0) is 6.54 Å². The minimum absolute atomic E-state index is 0.0115. The number of carbonyl (C=O) groups is 1. The highest BCUT2D eigenvalue weighted by atomic mass is 32.1. The van der Waals surface area contributed by atoms with Crippen molar-refractivity contribution in [3.8, 4) is 11.5 Å². The third kappa shape index (κ3) is 3.98. The van der Waals surface area contributed by atoms with Crippen LogP contribution in [0.5, 0.6) is 0 Å². The van der Waals surface area contributed by atoms with Gasteiger partial charge in [0.25, 0.3) is 5.91 Å². The van der Waals surface area contributed by atoms with E-state index in [2.05, 4.69) is 27.3 Å². The van der Waals surface area contributed by atoms with Crippen molar-refractivity contribution in [2.75, 3.05) is 33.2 Å². The van der Waals surface area contributed by atoms with Crippen LogP contribution in [0.25, 0.3) is 17.0 Å². The summed E-state index contributed by atoms with van der Waals surface area (Å²) in [7, 11) is 2.10. The number of thiazole rings is 1. The SMILES string of the molecule is Cc1nc(Cn2cnc(-c3nc(C(=O)N4CCCN(C)CC4)c4ccccn34)c2)cs1. The Morgan fingerprint density at radius 3 is 2.90 bits per heavy atom. The number of imidazole rings is 2. The lowest BCUT2D eigenvalue weighted by Crippen LogP contribution is -2.34. The third-order valence-electron chi connectivity index (χ3n) is 5.63. The van der Waals surface area contributed by atoms with Crippen LogP contribution in [0.15, 0.2) is 42.3 Å². The van der Waals surface area contributed by atoms with Crippen LogP contribution < -0.4 is 0 Å². The summed E-state index contributed by atoms with van der Waals surface area (Å²) in [6.07, 6.45) is 6.67. The summed E-state index contributed by atoms with van der Waals surface area (Å²) in [5.74, 6) is 0.668. The largest absolute Gasteiger partial charge is 0.336 e. The molecule has 0 radical (unpaired) electrons. The van der Waals surface area contributed by atoms with Gasteiger partial charge in [0, 0.05) is 37.4 Å². The Balaban J connectivity index is 1.47. The van der Waals surface area contributed by atoms with E-state index in [9.17, 15) is 4.79 Å². The fraction of sp³-hybridized carbons (Fsp3) is 0.364. The summed E-state index contributed by atoms with van der Waals surface area (Å²) in [5.41, 5.74) is 3.05. The number of carbonyl (C=O) groups excluding carboxylic acids is 1. The summed E-state index contributed by atoms with van der Waals surface area (Å²) in [5, 5.41) is 3.12. The van der Waals surface area contributed by atoms with Gasteiger partial charge in [-0.3, -0.25) is 9.20 Å². The van der Waals surface area contributed by atoms with E-state index in [1.165, 1.54) is 0 Å². The fourth-order valence-electron chi connectivity index (χ4n) is 4.01. The van der Waals surface area contributed by atoms with E-state index >= 15 is 0 Å². The van der Waals surface area contributed by atoms with Crippen LogP contribution in [0.1, 0.15) is 27.6 Å². The van der Waals surface area contributed by atoms with Gasteiger partial charge in [0.15, 0.2) is 11.5 Å². The average molecular weight is 436 g/mol. The molecule has 0 atom stereocenters. The van der Waals surface area contributed by atoms with E-state index in [4.69, 9.17) is 4.98 Å². The predicted octanol–water partition coefficient (Wildman–Crippen LogP) is 2.79. The van der Waals surface area contributed by atoms with E-state index in [0.717, 1.165) is 54.5 Å². The van der Waals surface area contributed by atoms with Gasteiger partial charge in [0.1, 0.15) is 5.69 Å². The molecule has 1 aliphatic rings. The van der Waals surface area contributed by atoms with Crippen LogP contribution >= 0.6 is 11.3 Å². The molecule has 1 amide bonds. The Morgan fingerprint density at radius 2 is 2.06 bits per heavy atom. The maximum Gasteiger partial charge on any atom is 0.274 e. The average Bonchev–Trinajstić information content (AvgIpc) is 3.45. The van der Waals surface area contributed by atoms with Crippen LogP contribution in [0, 0.1) is 6.92 Å². The molecule has 4 aromatic heterocycles. The zero-order chi connectivity index (χ0) is 21.4. The molecule has 0 unspecified atom stereocenters. The second kappa shape index (κ2) is 8.24. The highest BCUT2D eigenvalue weighted by Gasteiger charge is 2.25. The lowest BCUT2D eigenvalue weighted by molar-refractivity contribution is 0.0759. The van der Waals surface area contributed by atoms with Crippen molar-refractivity contribution in [1.82, 2.24) is 33.7 Å². The lowest BCUT2D eigenvalue weighted by atomic mass is 10.3. The first-order valence-corrected chi connectivity index (χ1v) is 11.3. The molecule has 31 heavy (non-hydrogen) atoms. The number of pyridine rings is 1. The molecule has 0 bridgehead atoms. The molecule has 9 heteroatoms. The van der Waals surface area contributed by atoms with Crippen LogP contribution in [0.4, 0.5) is 0 Å².